The molecular formula is C15H21N3S. The summed E-state index contributed by atoms with van der Waals surface area (Å²) in [6.07, 6.45) is 4.79. The van der Waals surface area contributed by atoms with Gasteiger partial charge in [0, 0.05) is 29.4 Å². The topological polar surface area (TPSA) is 37.8 Å². The van der Waals surface area contributed by atoms with Crippen molar-refractivity contribution >= 4 is 11.3 Å². The second kappa shape index (κ2) is 6.26. The van der Waals surface area contributed by atoms with Gasteiger partial charge in [0.1, 0.15) is 5.01 Å². The van der Waals surface area contributed by atoms with Crippen LogP contribution in [0.1, 0.15) is 42.8 Å². The van der Waals surface area contributed by atoms with Crippen molar-refractivity contribution in [1.82, 2.24) is 15.3 Å². The smallest absolute Gasteiger partial charge is 0.124 e. The maximum atomic E-state index is 4.86. The van der Waals surface area contributed by atoms with Crippen molar-refractivity contribution in [2.75, 3.05) is 7.05 Å². The van der Waals surface area contributed by atoms with Crippen molar-refractivity contribution in [3.8, 4) is 10.6 Å². The van der Waals surface area contributed by atoms with Crippen molar-refractivity contribution in [2.45, 2.75) is 39.7 Å². The molecule has 2 rings (SSSR count). The van der Waals surface area contributed by atoms with Gasteiger partial charge in [0.05, 0.1) is 5.69 Å². The van der Waals surface area contributed by atoms with E-state index in [9.17, 15) is 0 Å². The van der Waals surface area contributed by atoms with Crippen molar-refractivity contribution in [3.05, 3.63) is 34.6 Å². The summed E-state index contributed by atoms with van der Waals surface area (Å²) in [5.41, 5.74) is 3.71. The third-order valence-electron chi connectivity index (χ3n) is 3.13. The van der Waals surface area contributed by atoms with E-state index in [2.05, 4.69) is 37.1 Å². The Balaban J connectivity index is 2.48. The van der Waals surface area contributed by atoms with E-state index in [4.69, 9.17) is 4.98 Å². The SMILES string of the molecule is CCc1cnccc1-c1nc(C(C)C)c(CNC)s1. The van der Waals surface area contributed by atoms with E-state index >= 15 is 0 Å². The first-order valence-electron chi connectivity index (χ1n) is 6.74. The summed E-state index contributed by atoms with van der Waals surface area (Å²) >= 11 is 1.79. The van der Waals surface area contributed by atoms with Gasteiger partial charge in [-0.15, -0.1) is 11.3 Å². The zero-order valence-corrected chi connectivity index (χ0v) is 12.8. The lowest BCUT2D eigenvalue weighted by molar-refractivity contribution is 0.771. The first-order chi connectivity index (χ1) is 9.17. The molecule has 4 heteroatoms. The summed E-state index contributed by atoms with van der Waals surface area (Å²) in [7, 11) is 1.98. The van der Waals surface area contributed by atoms with Crippen LogP contribution < -0.4 is 5.32 Å². The Morgan fingerprint density at radius 3 is 2.79 bits per heavy atom. The number of hydrogen-bond donors (Lipinski definition) is 1. The van der Waals surface area contributed by atoms with Crippen LogP contribution in [-0.4, -0.2) is 17.0 Å². The molecule has 0 bridgehead atoms. The molecule has 0 atom stereocenters. The number of aromatic nitrogens is 2. The first kappa shape index (κ1) is 14.2. The molecule has 19 heavy (non-hydrogen) atoms. The maximum Gasteiger partial charge on any atom is 0.124 e. The molecule has 0 fully saturated rings. The van der Waals surface area contributed by atoms with E-state index in [1.807, 2.05) is 19.4 Å². The Bertz CT molecular complexity index is 546. The molecule has 2 aromatic rings. The lowest BCUT2D eigenvalue weighted by atomic mass is 10.1. The quantitative estimate of drug-likeness (QED) is 0.906. The lowest BCUT2D eigenvalue weighted by Crippen LogP contribution is -2.06. The van der Waals surface area contributed by atoms with Gasteiger partial charge in [-0.3, -0.25) is 4.98 Å². The van der Waals surface area contributed by atoms with Gasteiger partial charge in [0.2, 0.25) is 0 Å². The van der Waals surface area contributed by atoms with Gasteiger partial charge in [-0.1, -0.05) is 20.8 Å². The van der Waals surface area contributed by atoms with Gasteiger partial charge in [0.15, 0.2) is 0 Å². The second-order valence-corrected chi connectivity index (χ2v) is 5.98. The number of thiazole rings is 1. The van der Waals surface area contributed by atoms with Gasteiger partial charge >= 0.3 is 0 Å². The molecule has 0 aromatic carbocycles. The van der Waals surface area contributed by atoms with Crippen LogP contribution in [0.3, 0.4) is 0 Å². The summed E-state index contributed by atoms with van der Waals surface area (Å²) in [4.78, 5) is 10.4. The standard InChI is InChI=1S/C15H21N3S/c1-5-11-8-17-7-6-12(11)15-18-14(10(2)3)13(19-15)9-16-4/h6-8,10,16H,5,9H2,1-4H3. The predicted molar refractivity (Wildman–Crippen MR) is 81.6 cm³/mol. The molecule has 0 aliphatic carbocycles. The highest BCUT2D eigenvalue weighted by Gasteiger charge is 2.16. The van der Waals surface area contributed by atoms with Crippen molar-refractivity contribution < 1.29 is 0 Å². The van der Waals surface area contributed by atoms with Gasteiger partial charge in [0.25, 0.3) is 0 Å². The number of aryl methyl sites for hydroxylation is 1. The van der Waals surface area contributed by atoms with E-state index in [-0.39, 0.29) is 0 Å². The molecule has 3 nitrogen and oxygen atoms in total. The van der Waals surface area contributed by atoms with Crippen LogP contribution in [-0.2, 0) is 13.0 Å². The zero-order chi connectivity index (χ0) is 13.8. The number of pyridine rings is 1. The highest BCUT2D eigenvalue weighted by atomic mass is 32.1. The van der Waals surface area contributed by atoms with E-state index in [1.165, 1.54) is 21.7 Å². The maximum absolute atomic E-state index is 4.86. The fourth-order valence-corrected chi connectivity index (χ4v) is 3.42. The van der Waals surface area contributed by atoms with Crippen LogP contribution in [0.4, 0.5) is 0 Å². The minimum absolute atomic E-state index is 0.459. The summed E-state index contributed by atoms with van der Waals surface area (Å²) in [5, 5.41) is 4.35. The van der Waals surface area contributed by atoms with Crippen LogP contribution in [0.15, 0.2) is 18.5 Å². The van der Waals surface area contributed by atoms with Crippen LogP contribution >= 0.6 is 11.3 Å². The molecule has 0 aliphatic rings. The Labute approximate surface area is 119 Å². The highest BCUT2D eigenvalue weighted by Crippen LogP contribution is 2.33. The molecule has 0 saturated carbocycles. The molecule has 1 N–H and O–H groups in total. The molecule has 2 aromatic heterocycles. The Morgan fingerprint density at radius 1 is 1.37 bits per heavy atom. The van der Waals surface area contributed by atoms with Gasteiger partial charge in [-0.25, -0.2) is 4.98 Å². The molecular weight excluding hydrogens is 254 g/mol. The molecule has 0 radical (unpaired) electrons. The Morgan fingerprint density at radius 2 is 2.16 bits per heavy atom. The van der Waals surface area contributed by atoms with Crippen LogP contribution in [0, 0.1) is 0 Å². The van der Waals surface area contributed by atoms with Crippen LogP contribution in [0.2, 0.25) is 0 Å². The first-order valence-corrected chi connectivity index (χ1v) is 7.56. The van der Waals surface area contributed by atoms with Gasteiger partial charge in [-0.05, 0) is 31.0 Å². The Hall–Kier alpha value is -1.26. The lowest BCUT2D eigenvalue weighted by Gasteiger charge is -2.04. The van der Waals surface area contributed by atoms with Crippen LogP contribution in [0.5, 0.6) is 0 Å². The molecule has 0 aliphatic heterocycles. The fraction of sp³-hybridized carbons (Fsp3) is 0.467. The third-order valence-corrected chi connectivity index (χ3v) is 4.23. The third kappa shape index (κ3) is 3.01. The van der Waals surface area contributed by atoms with Crippen molar-refractivity contribution in [2.24, 2.45) is 0 Å². The molecule has 2 heterocycles. The van der Waals surface area contributed by atoms with Crippen LogP contribution in [0.25, 0.3) is 10.6 Å². The molecule has 102 valence electrons. The normalized spacial score (nSPS) is 11.2. The fourth-order valence-electron chi connectivity index (χ4n) is 2.13. The van der Waals surface area contributed by atoms with E-state index in [1.54, 1.807) is 11.3 Å². The summed E-state index contributed by atoms with van der Waals surface area (Å²) < 4.78 is 0. The summed E-state index contributed by atoms with van der Waals surface area (Å²) in [6, 6.07) is 2.07. The number of rotatable bonds is 5. The number of nitrogens with one attached hydrogen (secondary N) is 1. The molecule has 0 saturated heterocycles. The minimum atomic E-state index is 0.459. The second-order valence-electron chi connectivity index (χ2n) is 4.90. The zero-order valence-electron chi connectivity index (χ0n) is 12.0. The summed E-state index contributed by atoms with van der Waals surface area (Å²) in [6.45, 7) is 7.44. The molecule has 0 unspecified atom stereocenters. The Kier molecular flexibility index (Phi) is 4.66. The van der Waals surface area contributed by atoms with E-state index < -0.39 is 0 Å². The number of nitrogens with zero attached hydrogens (tertiary/aromatic N) is 2. The minimum Gasteiger partial charge on any atom is -0.315 e. The highest BCUT2D eigenvalue weighted by molar-refractivity contribution is 7.15. The average molecular weight is 275 g/mol. The summed E-state index contributed by atoms with van der Waals surface area (Å²) in [5.74, 6) is 0.459. The van der Waals surface area contributed by atoms with Gasteiger partial charge < -0.3 is 5.32 Å². The number of hydrogen-bond acceptors (Lipinski definition) is 4. The molecule has 0 spiro atoms. The van der Waals surface area contributed by atoms with E-state index in [0.29, 0.717) is 5.92 Å². The monoisotopic (exact) mass is 275 g/mol. The largest absolute Gasteiger partial charge is 0.315 e. The van der Waals surface area contributed by atoms with Crippen molar-refractivity contribution in [1.29, 1.82) is 0 Å². The van der Waals surface area contributed by atoms with Crippen molar-refractivity contribution in [3.63, 3.8) is 0 Å². The average Bonchev–Trinajstić information content (AvgIpc) is 2.83. The van der Waals surface area contributed by atoms with E-state index in [0.717, 1.165) is 18.0 Å². The van der Waals surface area contributed by atoms with Gasteiger partial charge in [-0.2, -0.15) is 0 Å². The predicted octanol–water partition coefficient (Wildman–Crippen LogP) is 3.61. The molecule has 0 amide bonds.